The summed E-state index contributed by atoms with van der Waals surface area (Å²) < 4.78 is 35.6. The Bertz CT molecular complexity index is 322. The maximum Gasteiger partial charge on any atom is 0.398 e. The van der Waals surface area contributed by atoms with Gasteiger partial charge >= 0.3 is 6.18 Å². The SMILES string of the molecule is Cc1cc(SCC(F)(F)F)ccc1N. The van der Waals surface area contributed by atoms with Crippen molar-refractivity contribution in [1.82, 2.24) is 0 Å². The van der Waals surface area contributed by atoms with E-state index in [2.05, 4.69) is 0 Å². The van der Waals surface area contributed by atoms with Crippen LogP contribution < -0.4 is 5.73 Å². The van der Waals surface area contributed by atoms with E-state index in [1.165, 1.54) is 0 Å². The second-order valence-electron chi connectivity index (χ2n) is 2.92. The number of thioether (sulfide) groups is 1. The van der Waals surface area contributed by atoms with E-state index in [0.29, 0.717) is 10.6 Å². The fourth-order valence-corrected chi connectivity index (χ4v) is 1.66. The third-order valence-corrected chi connectivity index (χ3v) is 2.70. The predicted molar refractivity (Wildman–Crippen MR) is 52.4 cm³/mol. The first-order valence-corrected chi connectivity index (χ1v) is 4.93. The van der Waals surface area contributed by atoms with Crippen LogP contribution in [0.5, 0.6) is 0 Å². The Hall–Kier alpha value is -0.840. The van der Waals surface area contributed by atoms with Gasteiger partial charge in [-0.2, -0.15) is 13.2 Å². The van der Waals surface area contributed by atoms with Crippen molar-refractivity contribution in [2.75, 3.05) is 11.5 Å². The van der Waals surface area contributed by atoms with Crippen LogP contribution in [-0.4, -0.2) is 11.9 Å². The Balaban J connectivity index is 2.65. The fourth-order valence-electron chi connectivity index (χ4n) is 0.903. The number of benzene rings is 1. The van der Waals surface area contributed by atoms with Gasteiger partial charge in [0.1, 0.15) is 0 Å². The van der Waals surface area contributed by atoms with Crippen LogP contribution >= 0.6 is 11.8 Å². The van der Waals surface area contributed by atoms with E-state index in [1.54, 1.807) is 25.1 Å². The fraction of sp³-hybridized carbons (Fsp3) is 0.333. The maximum atomic E-state index is 11.9. The molecule has 78 valence electrons. The predicted octanol–water partition coefficient (Wildman–Crippen LogP) is 3.23. The monoisotopic (exact) mass is 221 g/mol. The number of halogens is 3. The summed E-state index contributed by atoms with van der Waals surface area (Å²) in [5.74, 6) is -0.865. The Labute approximate surface area is 84.5 Å². The first-order valence-electron chi connectivity index (χ1n) is 3.94. The molecular formula is C9H10F3NS. The molecule has 0 amide bonds. The molecule has 0 fully saturated rings. The minimum Gasteiger partial charge on any atom is -0.399 e. The summed E-state index contributed by atoms with van der Waals surface area (Å²) in [5, 5.41) is 0. The number of hydrogen-bond acceptors (Lipinski definition) is 2. The van der Waals surface area contributed by atoms with Gasteiger partial charge in [-0.15, -0.1) is 11.8 Å². The number of anilines is 1. The summed E-state index contributed by atoms with van der Waals surface area (Å²) in [5.41, 5.74) is 6.94. The lowest BCUT2D eigenvalue weighted by atomic mass is 10.2. The summed E-state index contributed by atoms with van der Waals surface area (Å²) in [4.78, 5) is 0.592. The molecule has 5 heteroatoms. The molecule has 0 aliphatic rings. The number of nitrogen functional groups attached to an aromatic ring is 1. The number of alkyl halides is 3. The Morgan fingerprint density at radius 3 is 2.50 bits per heavy atom. The van der Waals surface area contributed by atoms with Crippen molar-refractivity contribution in [2.24, 2.45) is 0 Å². The van der Waals surface area contributed by atoms with Crippen molar-refractivity contribution < 1.29 is 13.2 Å². The zero-order valence-corrected chi connectivity index (χ0v) is 8.38. The highest BCUT2D eigenvalue weighted by Crippen LogP contribution is 2.28. The highest BCUT2D eigenvalue weighted by molar-refractivity contribution is 7.99. The zero-order valence-electron chi connectivity index (χ0n) is 7.56. The van der Waals surface area contributed by atoms with Gasteiger partial charge in [-0.3, -0.25) is 0 Å². The van der Waals surface area contributed by atoms with Gasteiger partial charge in [0, 0.05) is 10.6 Å². The Morgan fingerprint density at radius 2 is 2.00 bits per heavy atom. The molecule has 0 spiro atoms. The molecule has 0 aliphatic heterocycles. The van der Waals surface area contributed by atoms with Gasteiger partial charge < -0.3 is 5.73 Å². The van der Waals surface area contributed by atoms with E-state index in [4.69, 9.17) is 5.73 Å². The molecule has 1 nitrogen and oxygen atoms in total. The number of hydrogen-bond donors (Lipinski definition) is 1. The van der Waals surface area contributed by atoms with E-state index in [1.807, 2.05) is 0 Å². The lowest BCUT2D eigenvalue weighted by Gasteiger charge is -2.07. The van der Waals surface area contributed by atoms with Crippen LogP contribution in [0.4, 0.5) is 18.9 Å². The summed E-state index contributed by atoms with van der Waals surface area (Å²) in [6.45, 7) is 1.77. The van der Waals surface area contributed by atoms with Gasteiger partial charge in [0.15, 0.2) is 0 Å². The molecule has 0 saturated heterocycles. The first-order chi connectivity index (χ1) is 6.38. The van der Waals surface area contributed by atoms with Gasteiger partial charge in [0.25, 0.3) is 0 Å². The Kier molecular flexibility index (Phi) is 3.31. The largest absolute Gasteiger partial charge is 0.399 e. The smallest absolute Gasteiger partial charge is 0.398 e. The van der Waals surface area contributed by atoms with Crippen LogP contribution in [0.15, 0.2) is 23.1 Å². The molecule has 0 bridgehead atoms. The minimum atomic E-state index is -4.13. The molecule has 0 heterocycles. The lowest BCUT2D eigenvalue weighted by molar-refractivity contribution is -0.105. The van der Waals surface area contributed by atoms with E-state index in [9.17, 15) is 13.2 Å². The molecule has 2 N–H and O–H groups in total. The van der Waals surface area contributed by atoms with Gasteiger partial charge in [-0.1, -0.05) is 0 Å². The average Bonchev–Trinajstić information content (AvgIpc) is 2.06. The Morgan fingerprint density at radius 1 is 1.36 bits per heavy atom. The molecule has 0 unspecified atom stereocenters. The van der Waals surface area contributed by atoms with E-state index in [0.717, 1.165) is 17.3 Å². The lowest BCUT2D eigenvalue weighted by Crippen LogP contribution is -2.10. The zero-order chi connectivity index (χ0) is 10.8. The van der Waals surface area contributed by atoms with Crippen LogP contribution in [-0.2, 0) is 0 Å². The molecule has 0 aliphatic carbocycles. The van der Waals surface area contributed by atoms with E-state index < -0.39 is 11.9 Å². The standard InChI is InChI=1S/C9H10F3NS/c1-6-4-7(2-3-8(6)13)14-5-9(10,11)12/h2-4H,5,13H2,1H3. The van der Waals surface area contributed by atoms with Crippen LogP contribution in [0, 0.1) is 6.92 Å². The third kappa shape index (κ3) is 3.49. The number of rotatable bonds is 2. The summed E-state index contributed by atoms with van der Waals surface area (Å²) in [7, 11) is 0. The van der Waals surface area contributed by atoms with E-state index >= 15 is 0 Å². The summed E-state index contributed by atoms with van der Waals surface area (Å²) in [6.07, 6.45) is -4.13. The topological polar surface area (TPSA) is 26.0 Å². The molecule has 0 atom stereocenters. The maximum absolute atomic E-state index is 11.9. The molecule has 14 heavy (non-hydrogen) atoms. The van der Waals surface area contributed by atoms with Crippen LogP contribution in [0.2, 0.25) is 0 Å². The molecule has 0 saturated carbocycles. The normalized spacial score (nSPS) is 11.7. The third-order valence-electron chi connectivity index (χ3n) is 1.64. The summed E-state index contributed by atoms with van der Waals surface area (Å²) in [6, 6.07) is 4.87. The van der Waals surface area contributed by atoms with Crippen LogP contribution in [0.3, 0.4) is 0 Å². The molecular weight excluding hydrogens is 211 g/mol. The second-order valence-corrected chi connectivity index (χ2v) is 3.97. The molecule has 0 radical (unpaired) electrons. The summed E-state index contributed by atoms with van der Waals surface area (Å²) >= 11 is 0.770. The van der Waals surface area contributed by atoms with Crippen molar-refractivity contribution in [1.29, 1.82) is 0 Å². The molecule has 1 rings (SSSR count). The van der Waals surface area contributed by atoms with Gasteiger partial charge in [-0.25, -0.2) is 0 Å². The quantitative estimate of drug-likeness (QED) is 0.613. The van der Waals surface area contributed by atoms with Gasteiger partial charge in [-0.05, 0) is 30.7 Å². The number of aryl methyl sites for hydroxylation is 1. The van der Waals surface area contributed by atoms with Crippen molar-refractivity contribution in [3.63, 3.8) is 0 Å². The van der Waals surface area contributed by atoms with Crippen molar-refractivity contribution in [3.05, 3.63) is 23.8 Å². The van der Waals surface area contributed by atoms with Crippen molar-refractivity contribution in [2.45, 2.75) is 18.0 Å². The molecule has 0 aromatic heterocycles. The molecule has 1 aromatic carbocycles. The van der Waals surface area contributed by atoms with Crippen LogP contribution in [0.25, 0.3) is 0 Å². The average molecular weight is 221 g/mol. The van der Waals surface area contributed by atoms with Gasteiger partial charge in [0.2, 0.25) is 0 Å². The van der Waals surface area contributed by atoms with Crippen molar-refractivity contribution >= 4 is 17.4 Å². The van der Waals surface area contributed by atoms with Crippen LogP contribution in [0.1, 0.15) is 5.56 Å². The van der Waals surface area contributed by atoms with Gasteiger partial charge in [0.05, 0.1) is 5.75 Å². The van der Waals surface area contributed by atoms with E-state index in [-0.39, 0.29) is 0 Å². The number of nitrogens with two attached hydrogens (primary N) is 1. The molecule has 1 aromatic rings. The highest BCUT2D eigenvalue weighted by atomic mass is 32.2. The second kappa shape index (κ2) is 4.13. The minimum absolute atomic E-state index is 0.592. The highest BCUT2D eigenvalue weighted by Gasteiger charge is 2.27. The first kappa shape index (κ1) is 11.2. The van der Waals surface area contributed by atoms with Crippen molar-refractivity contribution in [3.8, 4) is 0 Å².